The van der Waals surface area contributed by atoms with Crippen molar-refractivity contribution < 1.29 is 9.59 Å². The van der Waals surface area contributed by atoms with Gasteiger partial charge in [-0.1, -0.05) is 54.6 Å². The number of hydrogen-bond donors (Lipinski definition) is 1. The molecule has 1 saturated heterocycles. The van der Waals surface area contributed by atoms with Gasteiger partial charge in [-0.3, -0.25) is 9.59 Å². The third-order valence-corrected chi connectivity index (χ3v) is 4.84. The molecule has 0 spiro atoms. The summed E-state index contributed by atoms with van der Waals surface area (Å²) < 4.78 is 0. The number of hydrogen-bond acceptors (Lipinski definition) is 2. The van der Waals surface area contributed by atoms with Crippen LogP contribution >= 0.6 is 0 Å². The summed E-state index contributed by atoms with van der Waals surface area (Å²) in [6.07, 6.45) is 3.89. The van der Waals surface area contributed by atoms with E-state index in [2.05, 4.69) is 17.4 Å². The van der Waals surface area contributed by atoms with Crippen LogP contribution in [0, 0.1) is 0 Å². The zero-order chi connectivity index (χ0) is 18.2. The largest absolute Gasteiger partial charge is 0.352 e. The van der Waals surface area contributed by atoms with Crippen molar-refractivity contribution in [2.24, 2.45) is 0 Å². The summed E-state index contributed by atoms with van der Waals surface area (Å²) in [6.45, 7) is 1.99. The summed E-state index contributed by atoms with van der Waals surface area (Å²) in [5.41, 5.74) is 3.47. The van der Waals surface area contributed by atoms with Gasteiger partial charge in [0.05, 0.1) is 0 Å². The van der Waals surface area contributed by atoms with Gasteiger partial charge in [-0.2, -0.15) is 0 Å². The summed E-state index contributed by atoms with van der Waals surface area (Å²) in [4.78, 5) is 25.9. The predicted octanol–water partition coefficient (Wildman–Crippen LogP) is 3.45. The molecule has 0 atom stereocenters. The number of carbonyl (C=O) groups is 2. The molecule has 0 aliphatic carbocycles. The van der Waals surface area contributed by atoms with Gasteiger partial charge in [-0.05, 0) is 36.0 Å². The van der Waals surface area contributed by atoms with Gasteiger partial charge in [0.15, 0.2) is 0 Å². The number of carbonyl (C=O) groups excluding carboxylic acids is 2. The molecular weight excluding hydrogens is 324 g/mol. The first-order chi connectivity index (χ1) is 12.7. The van der Waals surface area contributed by atoms with Crippen LogP contribution in [0.5, 0.6) is 0 Å². The molecule has 1 aliphatic heterocycles. The second kappa shape index (κ2) is 9.18. The van der Waals surface area contributed by atoms with Gasteiger partial charge in [-0.15, -0.1) is 0 Å². The number of nitrogens with one attached hydrogen (secondary N) is 1. The van der Waals surface area contributed by atoms with Gasteiger partial charge in [-0.25, -0.2) is 0 Å². The fraction of sp³-hybridized carbons (Fsp3) is 0.364. The molecule has 0 radical (unpaired) electrons. The fourth-order valence-electron chi connectivity index (χ4n) is 3.34. The van der Waals surface area contributed by atoms with Crippen LogP contribution in [0.15, 0.2) is 54.6 Å². The number of nitrogens with zero attached hydrogens (tertiary/aromatic N) is 1. The zero-order valence-corrected chi connectivity index (χ0v) is 15.1. The van der Waals surface area contributed by atoms with E-state index >= 15 is 0 Å². The van der Waals surface area contributed by atoms with E-state index in [0.717, 1.165) is 36.9 Å². The topological polar surface area (TPSA) is 49.4 Å². The Bertz CT molecular complexity index is 743. The van der Waals surface area contributed by atoms with Crippen LogP contribution < -0.4 is 5.32 Å². The minimum atomic E-state index is 0.0768. The molecule has 4 nitrogen and oxygen atoms in total. The van der Waals surface area contributed by atoms with E-state index in [1.165, 1.54) is 5.56 Å². The minimum absolute atomic E-state index is 0.0768. The molecule has 4 heteroatoms. The summed E-state index contributed by atoms with van der Waals surface area (Å²) >= 11 is 0. The number of aryl methyl sites for hydroxylation is 1. The molecule has 1 fully saturated rings. The zero-order valence-electron chi connectivity index (χ0n) is 15.1. The third-order valence-electron chi connectivity index (χ3n) is 4.84. The van der Waals surface area contributed by atoms with Gasteiger partial charge in [0.2, 0.25) is 11.8 Å². The second-order valence-electron chi connectivity index (χ2n) is 6.80. The molecular formula is C22H26N2O2. The number of benzene rings is 2. The van der Waals surface area contributed by atoms with Crippen LogP contribution in [0.2, 0.25) is 0 Å². The highest BCUT2D eigenvalue weighted by Gasteiger charge is 2.20. The van der Waals surface area contributed by atoms with E-state index in [0.29, 0.717) is 25.9 Å². The molecule has 0 aromatic heterocycles. The van der Waals surface area contributed by atoms with Gasteiger partial charge in [0.1, 0.15) is 0 Å². The minimum Gasteiger partial charge on any atom is -0.352 e. The average Bonchev–Trinajstić information content (AvgIpc) is 3.06. The first kappa shape index (κ1) is 18.2. The van der Waals surface area contributed by atoms with Gasteiger partial charge in [0, 0.05) is 32.5 Å². The maximum Gasteiger partial charge on any atom is 0.222 e. The number of rotatable bonds is 8. The van der Waals surface area contributed by atoms with E-state index in [-0.39, 0.29) is 11.8 Å². The lowest BCUT2D eigenvalue weighted by molar-refractivity contribution is -0.128. The van der Waals surface area contributed by atoms with Crippen molar-refractivity contribution in [1.29, 1.82) is 0 Å². The maximum absolute atomic E-state index is 12.1. The summed E-state index contributed by atoms with van der Waals surface area (Å²) in [7, 11) is 0. The molecule has 0 unspecified atom stereocenters. The Morgan fingerprint density at radius 1 is 1.00 bits per heavy atom. The average molecular weight is 350 g/mol. The normalized spacial score (nSPS) is 13.8. The Morgan fingerprint density at radius 3 is 2.46 bits per heavy atom. The highest BCUT2D eigenvalue weighted by atomic mass is 16.2. The molecule has 1 N–H and O–H groups in total. The molecule has 1 aliphatic rings. The van der Waals surface area contributed by atoms with E-state index < -0.39 is 0 Å². The first-order valence-corrected chi connectivity index (χ1v) is 9.37. The lowest BCUT2D eigenvalue weighted by Gasteiger charge is -2.18. The SMILES string of the molecule is O=C(CCCc1ccccc1)NCc1ccccc1CN1CCCC1=O. The second-order valence-corrected chi connectivity index (χ2v) is 6.80. The Balaban J connectivity index is 1.46. The van der Waals surface area contributed by atoms with Crippen molar-refractivity contribution >= 4 is 11.8 Å². The molecule has 3 rings (SSSR count). The summed E-state index contributed by atoms with van der Waals surface area (Å²) in [5, 5.41) is 3.02. The first-order valence-electron chi connectivity index (χ1n) is 9.37. The highest BCUT2D eigenvalue weighted by Crippen LogP contribution is 2.17. The molecule has 2 amide bonds. The fourth-order valence-corrected chi connectivity index (χ4v) is 3.34. The lowest BCUT2D eigenvalue weighted by Crippen LogP contribution is -2.26. The van der Waals surface area contributed by atoms with Gasteiger partial charge >= 0.3 is 0 Å². The maximum atomic E-state index is 12.1. The quantitative estimate of drug-likeness (QED) is 0.793. The number of amides is 2. The monoisotopic (exact) mass is 350 g/mol. The van der Waals surface area contributed by atoms with E-state index in [1.54, 1.807) is 0 Å². The third kappa shape index (κ3) is 5.19. The van der Waals surface area contributed by atoms with E-state index in [9.17, 15) is 9.59 Å². The molecule has 0 saturated carbocycles. The van der Waals surface area contributed by atoms with E-state index in [1.807, 2.05) is 47.4 Å². The molecule has 136 valence electrons. The van der Waals surface area contributed by atoms with Crippen molar-refractivity contribution in [2.45, 2.75) is 45.2 Å². The van der Waals surface area contributed by atoms with Crippen LogP contribution in [0.25, 0.3) is 0 Å². The Labute approximate surface area is 155 Å². The summed E-state index contributed by atoms with van der Waals surface area (Å²) in [6, 6.07) is 18.3. The Morgan fingerprint density at radius 2 is 1.73 bits per heavy atom. The van der Waals surface area contributed by atoms with Crippen LogP contribution in [-0.4, -0.2) is 23.3 Å². The van der Waals surface area contributed by atoms with Gasteiger partial charge in [0.25, 0.3) is 0 Å². The Hall–Kier alpha value is -2.62. The highest BCUT2D eigenvalue weighted by molar-refractivity contribution is 5.78. The van der Waals surface area contributed by atoms with Gasteiger partial charge < -0.3 is 10.2 Å². The van der Waals surface area contributed by atoms with Crippen LogP contribution in [-0.2, 0) is 29.1 Å². The van der Waals surface area contributed by atoms with Crippen molar-refractivity contribution in [1.82, 2.24) is 10.2 Å². The predicted molar refractivity (Wildman–Crippen MR) is 102 cm³/mol. The summed E-state index contributed by atoms with van der Waals surface area (Å²) in [5.74, 6) is 0.303. The van der Waals surface area contributed by atoms with Crippen molar-refractivity contribution in [3.8, 4) is 0 Å². The molecule has 2 aromatic rings. The molecule has 26 heavy (non-hydrogen) atoms. The lowest BCUT2D eigenvalue weighted by atomic mass is 10.1. The Kier molecular flexibility index (Phi) is 6.42. The number of likely N-dealkylation sites (tertiary alicyclic amines) is 1. The molecule has 0 bridgehead atoms. The van der Waals surface area contributed by atoms with Crippen LogP contribution in [0.1, 0.15) is 42.4 Å². The van der Waals surface area contributed by atoms with E-state index in [4.69, 9.17) is 0 Å². The molecule has 2 aromatic carbocycles. The van der Waals surface area contributed by atoms with Crippen LogP contribution in [0.4, 0.5) is 0 Å². The molecule has 1 heterocycles. The van der Waals surface area contributed by atoms with Crippen molar-refractivity contribution in [2.75, 3.05) is 6.54 Å². The standard InChI is InChI=1S/C22H26N2O2/c25-21(13-6-10-18-8-2-1-3-9-18)23-16-19-11-4-5-12-20(19)17-24-15-7-14-22(24)26/h1-5,8-9,11-12H,6-7,10,13-17H2,(H,23,25). The smallest absolute Gasteiger partial charge is 0.222 e. The van der Waals surface area contributed by atoms with Crippen molar-refractivity contribution in [3.05, 3.63) is 71.3 Å². The van der Waals surface area contributed by atoms with Crippen LogP contribution in [0.3, 0.4) is 0 Å². The van der Waals surface area contributed by atoms with Crippen molar-refractivity contribution in [3.63, 3.8) is 0 Å².